The summed E-state index contributed by atoms with van der Waals surface area (Å²) >= 11 is 7.22. The molecule has 3 rings (SSSR count). The average Bonchev–Trinajstić information content (AvgIpc) is 3.09. The minimum Gasteiger partial charge on any atom is -0.406 e. The maximum Gasteiger partial charge on any atom is 0.573 e. The smallest absolute Gasteiger partial charge is 0.406 e. The molecule has 0 atom stereocenters. The van der Waals surface area contributed by atoms with Gasteiger partial charge >= 0.3 is 6.36 Å². The molecular weight excluding hydrogens is 415 g/mol. The van der Waals surface area contributed by atoms with Crippen LogP contribution in [0.25, 0.3) is 5.69 Å². The van der Waals surface area contributed by atoms with Crippen molar-refractivity contribution in [3.8, 4) is 11.4 Å². The van der Waals surface area contributed by atoms with Crippen molar-refractivity contribution >= 4 is 35.0 Å². The van der Waals surface area contributed by atoms with E-state index in [0.29, 0.717) is 15.9 Å². The molecule has 0 bridgehead atoms. The van der Waals surface area contributed by atoms with Crippen LogP contribution in [0, 0.1) is 0 Å². The number of rotatable bonds is 6. The van der Waals surface area contributed by atoms with Crippen LogP contribution in [0.3, 0.4) is 0 Å². The number of carbonyl (C=O) groups excluding carboxylic acids is 1. The molecule has 1 heterocycles. The summed E-state index contributed by atoms with van der Waals surface area (Å²) < 4.78 is 42.0. The van der Waals surface area contributed by atoms with Crippen LogP contribution in [0.5, 0.6) is 5.75 Å². The molecule has 0 aliphatic carbocycles. The largest absolute Gasteiger partial charge is 0.573 e. The Balaban J connectivity index is 1.58. The molecule has 2 aromatic carbocycles. The van der Waals surface area contributed by atoms with Crippen molar-refractivity contribution in [3.05, 3.63) is 65.9 Å². The predicted molar refractivity (Wildman–Crippen MR) is 101 cm³/mol. The van der Waals surface area contributed by atoms with Crippen LogP contribution >= 0.6 is 23.4 Å². The summed E-state index contributed by atoms with van der Waals surface area (Å²) in [5.74, 6) is -0.614. The summed E-state index contributed by atoms with van der Waals surface area (Å²) in [5, 5.41) is 3.79. The molecule has 0 fully saturated rings. The average molecular weight is 428 g/mol. The number of amides is 1. The Kier molecular flexibility index (Phi) is 6.15. The molecule has 1 amide bonds. The molecule has 10 heteroatoms. The van der Waals surface area contributed by atoms with E-state index in [1.54, 1.807) is 29.1 Å². The SMILES string of the molecule is O=C(CSc1nccn1-c1cccc(Cl)c1)Nc1ccc(OC(F)(F)F)cc1. The fourth-order valence-corrected chi connectivity index (χ4v) is 3.24. The van der Waals surface area contributed by atoms with Gasteiger partial charge in [0, 0.05) is 28.8 Å². The van der Waals surface area contributed by atoms with Crippen molar-refractivity contribution in [1.82, 2.24) is 9.55 Å². The van der Waals surface area contributed by atoms with Crippen molar-refractivity contribution in [2.24, 2.45) is 0 Å². The van der Waals surface area contributed by atoms with Gasteiger partial charge in [-0.25, -0.2) is 4.98 Å². The number of hydrogen-bond donors (Lipinski definition) is 1. The summed E-state index contributed by atoms with van der Waals surface area (Å²) in [7, 11) is 0. The number of nitrogens with one attached hydrogen (secondary N) is 1. The highest BCUT2D eigenvalue weighted by atomic mass is 35.5. The van der Waals surface area contributed by atoms with Crippen LogP contribution in [0.2, 0.25) is 5.02 Å². The molecule has 1 aromatic heterocycles. The molecule has 5 nitrogen and oxygen atoms in total. The summed E-state index contributed by atoms with van der Waals surface area (Å²) in [5.41, 5.74) is 1.17. The van der Waals surface area contributed by atoms with Crippen LogP contribution in [-0.4, -0.2) is 27.6 Å². The van der Waals surface area contributed by atoms with E-state index in [4.69, 9.17) is 11.6 Å². The third kappa shape index (κ3) is 5.67. The van der Waals surface area contributed by atoms with Crippen LogP contribution in [-0.2, 0) is 4.79 Å². The molecule has 0 aliphatic rings. The number of anilines is 1. The van der Waals surface area contributed by atoms with Crippen molar-refractivity contribution in [2.45, 2.75) is 11.5 Å². The minimum absolute atomic E-state index is 0.0678. The van der Waals surface area contributed by atoms with E-state index in [1.165, 1.54) is 23.9 Å². The number of thioether (sulfide) groups is 1. The number of hydrogen-bond acceptors (Lipinski definition) is 4. The maximum atomic E-state index is 12.2. The number of carbonyl (C=O) groups is 1. The number of aromatic nitrogens is 2. The van der Waals surface area contributed by atoms with Gasteiger partial charge in [0.1, 0.15) is 5.75 Å². The predicted octanol–water partition coefficient (Wildman–Crippen LogP) is 5.16. The monoisotopic (exact) mass is 427 g/mol. The fraction of sp³-hybridized carbons (Fsp3) is 0.111. The highest BCUT2D eigenvalue weighted by Crippen LogP contribution is 2.25. The van der Waals surface area contributed by atoms with Gasteiger partial charge in [-0.3, -0.25) is 9.36 Å². The molecule has 0 saturated heterocycles. The lowest BCUT2D eigenvalue weighted by Crippen LogP contribution is -2.17. The number of ether oxygens (including phenoxy) is 1. The Labute approximate surface area is 167 Å². The Morgan fingerprint density at radius 3 is 2.64 bits per heavy atom. The Morgan fingerprint density at radius 2 is 1.96 bits per heavy atom. The molecule has 28 heavy (non-hydrogen) atoms. The second-order valence-electron chi connectivity index (χ2n) is 5.47. The van der Waals surface area contributed by atoms with Gasteiger partial charge in [0.25, 0.3) is 0 Å². The van der Waals surface area contributed by atoms with Gasteiger partial charge in [-0.2, -0.15) is 0 Å². The van der Waals surface area contributed by atoms with Crippen molar-refractivity contribution < 1.29 is 22.7 Å². The summed E-state index contributed by atoms with van der Waals surface area (Å²) in [6, 6.07) is 12.1. The van der Waals surface area contributed by atoms with Crippen LogP contribution in [0.4, 0.5) is 18.9 Å². The van der Waals surface area contributed by atoms with Gasteiger partial charge in [0.2, 0.25) is 5.91 Å². The minimum atomic E-state index is -4.76. The standard InChI is InChI=1S/C18H13ClF3N3O2S/c19-12-2-1-3-14(10-12)25-9-8-23-17(25)28-11-16(26)24-13-4-6-15(7-5-13)27-18(20,21)22/h1-10H,11H2,(H,24,26). The first-order valence-electron chi connectivity index (χ1n) is 7.88. The van der Waals surface area contributed by atoms with Gasteiger partial charge in [0.05, 0.1) is 5.75 Å². The molecule has 146 valence electrons. The zero-order valence-electron chi connectivity index (χ0n) is 14.1. The van der Waals surface area contributed by atoms with E-state index < -0.39 is 6.36 Å². The van der Waals surface area contributed by atoms with E-state index >= 15 is 0 Å². The number of imidazole rings is 1. The first kappa shape index (κ1) is 20.1. The summed E-state index contributed by atoms with van der Waals surface area (Å²) in [6.45, 7) is 0. The fourth-order valence-electron chi connectivity index (χ4n) is 2.29. The Bertz CT molecular complexity index is 961. The lowest BCUT2D eigenvalue weighted by Gasteiger charge is -2.10. The Morgan fingerprint density at radius 1 is 1.21 bits per heavy atom. The summed E-state index contributed by atoms with van der Waals surface area (Å²) in [6.07, 6.45) is -1.39. The van der Waals surface area contributed by atoms with E-state index in [1.807, 2.05) is 12.1 Å². The molecule has 3 aromatic rings. The van der Waals surface area contributed by atoms with Gasteiger partial charge in [-0.1, -0.05) is 29.4 Å². The highest BCUT2D eigenvalue weighted by Gasteiger charge is 2.30. The van der Waals surface area contributed by atoms with Gasteiger partial charge in [0.15, 0.2) is 5.16 Å². The lowest BCUT2D eigenvalue weighted by atomic mass is 10.3. The van der Waals surface area contributed by atoms with E-state index in [-0.39, 0.29) is 17.4 Å². The van der Waals surface area contributed by atoms with Crippen molar-refractivity contribution in [3.63, 3.8) is 0 Å². The van der Waals surface area contributed by atoms with Crippen LogP contribution < -0.4 is 10.1 Å². The normalized spacial score (nSPS) is 11.3. The van der Waals surface area contributed by atoms with Gasteiger partial charge < -0.3 is 10.1 Å². The Hall–Kier alpha value is -2.65. The lowest BCUT2D eigenvalue weighted by molar-refractivity contribution is -0.274. The van der Waals surface area contributed by atoms with Gasteiger partial charge in [-0.05, 0) is 42.5 Å². The van der Waals surface area contributed by atoms with Crippen molar-refractivity contribution in [2.75, 3.05) is 11.1 Å². The quantitative estimate of drug-likeness (QED) is 0.552. The first-order chi connectivity index (χ1) is 13.3. The molecule has 0 unspecified atom stereocenters. The summed E-state index contributed by atoms with van der Waals surface area (Å²) in [4.78, 5) is 16.3. The third-order valence-corrected chi connectivity index (χ3v) is 4.60. The van der Waals surface area contributed by atoms with Crippen LogP contribution in [0.1, 0.15) is 0 Å². The molecular formula is C18H13ClF3N3O2S. The number of halogens is 4. The van der Waals surface area contributed by atoms with Crippen molar-refractivity contribution in [1.29, 1.82) is 0 Å². The zero-order chi connectivity index (χ0) is 20.1. The second kappa shape index (κ2) is 8.57. The molecule has 0 saturated carbocycles. The van der Waals surface area contributed by atoms with E-state index in [9.17, 15) is 18.0 Å². The molecule has 0 aliphatic heterocycles. The molecule has 0 spiro atoms. The van der Waals surface area contributed by atoms with Crippen LogP contribution in [0.15, 0.2) is 66.1 Å². The van der Waals surface area contributed by atoms with E-state index in [2.05, 4.69) is 15.0 Å². The first-order valence-corrected chi connectivity index (χ1v) is 9.24. The van der Waals surface area contributed by atoms with E-state index in [0.717, 1.165) is 17.8 Å². The molecule has 0 radical (unpaired) electrons. The zero-order valence-corrected chi connectivity index (χ0v) is 15.7. The highest BCUT2D eigenvalue weighted by molar-refractivity contribution is 7.99. The van der Waals surface area contributed by atoms with Gasteiger partial charge in [-0.15, -0.1) is 13.2 Å². The number of alkyl halides is 3. The molecule has 1 N–H and O–H groups in total. The third-order valence-electron chi connectivity index (χ3n) is 3.40. The second-order valence-corrected chi connectivity index (χ2v) is 6.85. The topological polar surface area (TPSA) is 56.2 Å². The number of benzene rings is 2. The number of nitrogens with zero attached hydrogens (tertiary/aromatic N) is 2. The maximum absolute atomic E-state index is 12.2.